The number of halogens is 3. The van der Waals surface area contributed by atoms with E-state index in [-0.39, 0.29) is 11.4 Å². The lowest BCUT2D eigenvalue weighted by molar-refractivity contribution is 0.587. The average molecular weight is 359 g/mol. The van der Waals surface area contributed by atoms with Gasteiger partial charge in [-0.05, 0) is 48.8 Å². The van der Waals surface area contributed by atoms with Gasteiger partial charge in [0.15, 0.2) is 11.6 Å². The van der Waals surface area contributed by atoms with Gasteiger partial charge in [0, 0.05) is 16.7 Å². The Labute approximate surface area is 150 Å². The van der Waals surface area contributed by atoms with E-state index in [2.05, 4.69) is 29.1 Å². The number of hydrogen-bond donors (Lipinski definition) is 0. The molecule has 0 amide bonds. The van der Waals surface area contributed by atoms with Crippen LogP contribution in [0.15, 0.2) is 29.3 Å². The Morgan fingerprint density at radius 3 is 2.28 bits per heavy atom. The molecule has 0 saturated heterocycles. The van der Waals surface area contributed by atoms with Crippen molar-refractivity contribution in [2.24, 2.45) is 4.99 Å². The van der Waals surface area contributed by atoms with Crippen molar-refractivity contribution >= 4 is 23.1 Å². The van der Waals surface area contributed by atoms with E-state index in [1.165, 1.54) is 0 Å². The van der Waals surface area contributed by atoms with E-state index in [0.29, 0.717) is 29.5 Å². The summed E-state index contributed by atoms with van der Waals surface area (Å²) >= 11 is 4.36. The van der Waals surface area contributed by atoms with Gasteiger partial charge in [0.2, 0.25) is 0 Å². The summed E-state index contributed by atoms with van der Waals surface area (Å²) < 4.78 is 42.1. The van der Waals surface area contributed by atoms with Crippen LogP contribution in [-0.4, -0.2) is 5.16 Å². The van der Waals surface area contributed by atoms with E-state index in [0.717, 1.165) is 18.6 Å². The molecule has 0 aliphatic carbocycles. The molecule has 0 heterocycles. The first-order valence-electron chi connectivity index (χ1n) is 7.90. The van der Waals surface area contributed by atoms with Gasteiger partial charge in [-0.1, -0.05) is 38.2 Å². The Morgan fingerprint density at radius 2 is 1.72 bits per heavy atom. The van der Waals surface area contributed by atoms with Crippen LogP contribution < -0.4 is 0 Å². The number of hydrogen-bond acceptors (Lipinski definition) is 2. The fourth-order valence-electron chi connectivity index (χ4n) is 2.52. The van der Waals surface area contributed by atoms with Crippen LogP contribution in [0.4, 0.5) is 18.9 Å². The van der Waals surface area contributed by atoms with Crippen LogP contribution in [0.1, 0.15) is 42.5 Å². The van der Waals surface area contributed by atoms with Crippen LogP contribution >= 0.6 is 12.2 Å². The molecule has 2 aromatic carbocycles. The van der Waals surface area contributed by atoms with Gasteiger partial charge in [0.1, 0.15) is 11.5 Å². The highest BCUT2D eigenvalue weighted by Crippen LogP contribution is 2.23. The summed E-state index contributed by atoms with van der Waals surface area (Å²) in [6.07, 6.45) is 1.99. The molecule has 128 valence electrons. The minimum atomic E-state index is -0.873. The zero-order valence-electron chi connectivity index (χ0n) is 13.9. The van der Waals surface area contributed by atoms with Gasteiger partial charge in [-0.15, -0.1) is 0 Å². The molecule has 0 saturated carbocycles. The standard InChI is InChI=1S/C20H16F3NS/c1-3-5-15-9-8-14(16(4-2)19(15)23)7-6-13-10-17(21)20(24-12-25)18(22)11-13/h8-11H,3-5H2,1-2H3. The molecule has 0 radical (unpaired) electrons. The molecule has 0 unspecified atom stereocenters. The lowest BCUT2D eigenvalue weighted by Gasteiger charge is -2.08. The van der Waals surface area contributed by atoms with E-state index in [1.807, 2.05) is 19.0 Å². The predicted octanol–water partition coefficient (Wildman–Crippen LogP) is 5.75. The van der Waals surface area contributed by atoms with Crippen LogP contribution in [0.25, 0.3) is 0 Å². The van der Waals surface area contributed by atoms with Crippen molar-refractivity contribution in [3.63, 3.8) is 0 Å². The van der Waals surface area contributed by atoms with Crippen LogP contribution in [0.3, 0.4) is 0 Å². The SMILES string of the molecule is CCCc1ccc(C#Cc2cc(F)c(N=C=S)c(F)c2)c(CC)c1F. The van der Waals surface area contributed by atoms with Crippen molar-refractivity contribution in [3.8, 4) is 11.8 Å². The normalized spacial score (nSPS) is 9.96. The number of aliphatic imine (C=N–C) groups is 1. The quantitative estimate of drug-likeness (QED) is 0.384. The van der Waals surface area contributed by atoms with E-state index < -0.39 is 17.3 Å². The summed E-state index contributed by atoms with van der Waals surface area (Å²) in [6.45, 7) is 3.83. The lowest BCUT2D eigenvalue weighted by Crippen LogP contribution is -1.99. The fraction of sp³-hybridized carbons (Fsp3) is 0.250. The zero-order valence-corrected chi connectivity index (χ0v) is 14.7. The molecule has 5 heteroatoms. The summed E-state index contributed by atoms with van der Waals surface area (Å²) in [5, 5.41) is 1.93. The molecule has 0 aromatic heterocycles. The van der Waals surface area contributed by atoms with Gasteiger partial charge in [-0.2, -0.15) is 4.99 Å². The third-order valence-electron chi connectivity index (χ3n) is 3.71. The van der Waals surface area contributed by atoms with Gasteiger partial charge in [-0.3, -0.25) is 0 Å². The molecular formula is C20H16F3NS. The molecule has 0 aliphatic rings. The van der Waals surface area contributed by atoms with E-state index in [1.54, 1.807) is 12.1 Å². The van der Waals surface area contributed by atoms with Crippen LogP contribution in [0.2, 0.25) is 0 Å². The zero-order chi connectivity index (χ0) is 18.4. The highest BCUT2D eigenvalue weighted by molar-refractivity contribution is 7.78. The number of rotatable bonds is 4. The maximum atomic E-state index is 14.5. The van der Waals surface area contributed by atoms with E-state index in [9.17, 15) is 13.2 Å². The van der Waals surface area contributed by atoms with Crippen molar-refractivity contribution in [2.45, 2.75) is 33.1 Å². The second-order valence-electron chi connectivity index (χ2n) is 5.41. The summed E-state index contributed by atoms with van der Waals surface area (Å²) in [7, 11) is 0. The van der Waals surface area contributed by atoms with Gasteiger partial charge in [-0.25, -0.2) is 13.2 Å². The van der Waals surface area contributed by atoms with Gasteiger partial charge < -0.3 is 0 Å². The van der Waals surface area contributed by atoms with E-state index >= 15 is 0 Å². The fourth-order valence-corrected chi connectivity index (χ4v) is 2.62. The maximum Gasteiger partial charge on any atom is 0.153 e. The summed E-state index contributed by atoms with van der Waals surface area (Å²) in [6, 6.07) is 5.59. The molecule has 0 N–H and O–H groups in total. The third kappa shape index (κ3) is 4.36. The van der Waals surface area contributed by atoms with Crippen molar-refractivity contribution in [3.05, 3.63) is 64.0 Å². The maximum absolute atomic E-state index is 14.5. The topological polar surface area (TPSA) is 12.4 Å². The summed E-state index contributed by atoms with van der Waals surface area (Å²) in [5.74, 6) is 3.49. The Hall–Kier alpha value is -2.41. The minimum absolute atomic E-state index is 0.137. The molecule has 0 aliphatic heterocycles. The smallest absolute Gasteiger partial charge is 0.153 e. The number of benzene rings is 2. The van der Waals surface area contributed by atoms with Crippen molar-refractivity contribution < 1.29 is 13.2 Å². The average Bonchev–Trinajstić information content (AvgIpc) is 2.58. The Balaban J connectivity index is 2.45. The summed E-state index contributed by atoms with van der Waals surface area (Å²) in [4.78, 5) is 3.35. The van der Waals surface area contributed by atoms with E-state index in [4.69, 9.17) is 0 Å². The summed E-state index contributed by atoms with van der Waals surface area (Å²) in [5.41, 5.74) is 1.33. The van der Waals surface area contributed by atoms with Crippen molar-refractivity contribution in [2.75, 3.05) is 0 Å². The first-order valence-corrected chi connectivity index (χ1v) is 8.31. The Bertz CT molecular complexity index is 880. The highest BCUT2D eigenvalue weighted by atomic mass is 32.1. The molecule has 2 rings (SSSR count). The van der Waals surface area contributed by atoms with Gasteiger partial charge in [0.05, 0.1) is 5.16 Å². The third-order valence-corrected chi connectivity index (χ3v) is 3.80. The van der Waals surface area contributed by atoms with Crippen LogP contribution in [0, 0.1) is 29.3 Å². The molecule has 1 nitrogen and oxygen atoms in total. The molecule has 0 fully saturated rings. The number of thiocarbonyl (C=S) groups is 1. The number of nitrogens with zero attached hydrogens (tertiary/aromatic N) is 1. The number of aryl methyl sites for hydroxylation is 1. The monoisotopic (exact) mass is 359 g/mol. The number of isothiocyanates is 1. The second kappa shape index (κ2) is 8.62. The molecule has 0 bridgehead atoms. The Morgan fingerprint density at radius 1 is 1.04 bits per heavy atom. The minimum Gasteiger partial charge on any atom is -0.206 e. The van der Waals surface area contributed by atoms with Crippen molar-refractivity contribution in [1.82, 2.24) is 0 Å². The Kier molecular flexibility index (Phi) is 6.52. The van der Waals surface area contributed by atoms with Gasteiger partial charge >= 0.3 is 0 Å². The molecule has 25 heavy (non-hydrogen) atoms. The highest BCUT2D eigenvalue weighted by Gasteiger charge is 2.11. The molecule has 0 spiro atoms. The van der Waals surface area contributed by atoms with Gasteiger partial charge in [0.25, 0.3) is 0 Å². The molecular weight excluding hydrogens is 343 g/mol. The second-order valence-corrected chi connectivity index (χ2v) is 5.59. The molecule has 0 atom stereocenters. The lowest BCUT2D eigenvalue weighted by atomic mass is 9.98. The largest absolute Gasteiger partial charge is 0.206 e. The van der Waals surface area contributed by atoms with Crippen LogP contribution in [-0.2, 0) is 12.8 Å². The molecule has 2 aromatic rings. The predicted molar refractivity (Wildman–Crippen MR) is 96.8 cm³/mol. The van der Waals surface area contributed by atoms with Crippen molar-refractivity contribution in [1.29, 1.82) is 0 Å². The van der Waals surface area contributed by atoms with Crippen LogP contribution in [0.5, 0.6) is 0 Å². The first-order chi connectivity index (χ1) is 12.0. The first kappa shape index (κ1) is 18.9.